The number of nitrogens with one attached hydrogen (secondary N) is 1. The molecule has 3 rings (SSSR count). The molecule has 0 radical (unpaired) electrons. The summed E-state index contributed by atoms with van der Waals surface area (Å²) in [5.74, 6) is 1.83. The first kappa shape index (κ1) is 18.9. The molecule has 0 atom stereocenters. The van der Waals surface area contributed by atoms with Gasteiger partial charge in [-0.25, -0.2) is 4.98 Å². The molecule has 0 unspecified atom stereocenters. The van der Waals surface area contributed by atoms with Crippen LogP contribution in [-0.4, -0.2) is 40.0 Å². The van der Waals surface area contributed by atoms with E-state index in [0.717, 1.165) is 56.0 Å². The van der Waals surface area contributed by atoms with Gasteiger partial charge in [-0.1, -0.05) is 24.6 Å². The van der Waals surface area contributed by atoms with E-state index in [2.05, 4.69) is 32.9 Å². The lowest BCUT2D eigenvalue weighted by Crippen LogP contribution is -2.40. The van der Waals surface area contributed by atoms with E-state index >= 15 is 0 Å². The molecule has 0 aliphatic carbocycles. The minimum atomic E-state index is 0.0197. The Bertz CT molecular complexity index is 750. The Morgan fingerprint density at radius 2 is 2.12 bits per heavy atom. The maximum Gasteiger partial charge on any atom is 0.238 e. The molecule has 1 amide bonds. The van der Waals surface area contributed by atoms with Crippen LogP contribution in [0.25, 0.3) is 0 Å². The molecule has 0 spiro atoms. The summed E-state index contributed by atoms with van der Waals surface area (Å²) in [6.07, 6.45) is 7.16. The first-order valence-corrected chi connectivity index (χ1v) is 9.71. The molecule has 1 fully saturated rings. The van der Waals surface area contributed by atoms with Crippen molar-refractivity contribution in [1.82, 2.24) is 14.5 Å². The number of aryl methyl sites for hydroxylation is 2. The van der Waals surface area contributed by atoms with Gasteiger partial charge in [0.15, 0.2) is 0 Å². The molecule has 0 saturated carbocycles. The fourth-order valence-electron chi connectivity index (χ4n) is 3.50. The van der Waals surface area contributed by atoms with Gasteiger partial charge in [-0.2, -0.15) is 0 Å². The van der Waals surface area contributed by atoms with E-state index in [1.807, 2.05) is 25.3 Å². The van der Waals surface area contributed by atoms with Crippen LogP contribution in [0, 0.1) is 12.8 Å². The summed E-state index contributed by atoms with van der Waals surface area (Å²) in [5, 5.41) is 3.62. The van der Waals surface area contributed by atoms with Gasteiger partial charge in [-0.05, 0) is 56.5 Å². The third kappa shape index (κ3) is 4.86. The van der Waals surface area contributed by atoms with Crippen molar-refractivity contribution in [3.05, 3.63) is 47.0 Å². The molecule has 6 heteroatoms. The number of hydrogen-bond donors (Lipinski definition) is 1. The van der Waals surface area contributed by atoms with Gasteiger partial charge in [-0.3, -0.25) is 9.69 Å². The second-order valence-electron chi connectivity index (χ2n) is 7.08. The van der Waals surface area contributed by atoms with Crippen LogP contribution in [0.1, 0.15) is 31.2 Å². The molecule has 2 aromatic rings. The van der Waals surface area contributed by atoms with Crippen molar-refractivity contribution in [1.29, 1.82) is 0 Å². The van der Waals surface area contributed by atoms with Crippen LogP contribution in [0.5, 0.6) is 0 Å². The van der Waals surface area contributed by atoms with E-state index in [9.17, 15) is 4.79 Å². The molecule has 5 nitrogen and oxygen atoms in total. The number of aromatic nitrogens is 2. The Hall–Kier alpha value is -1.85. The number of piperidine rings is 1. The Labute approximate surface area is 160 Å². The summed E-state index contributed by atoms with van der Waals surface area (Å²) in [6.45, 7) is 7.48. The topological polar surface area (TPSA) is 50.2 Å². The minimum absolute atomic E-state index is 0.0197. The van der Waals surface area contributed by atoms with E-state index in [-0.39, 0.29) is 5.91 Å². The van der Waals surface area contributed by atoms with E-state index in [0.29, 0.717) is 17.5 Å². The van der Waals surface area contributed by atoms with Crippen molar-refractivity contribution in [2.24, 2.45) is 5.92 Å². The Balaban J connectivity index is 1.44. The number of halogens is 1. The SMILES string of the molecule is CCc1nccn1CC1CCN(CC(=O)Nc2ccc(C)c(Cl)c2)CC1. The highest BCUT2D eigenvalue weighted by Crippen LogP contribution is 2.21. The number of imidazole rings is 1. The van der Waals surface area contributed by atoms with Crippen LogP contribution < -0.4 is 5.32 Å². The number of nitrogens with zero attached hydrogens (tertiary/aromatic N) is 3. The third-order valence-electron chi connectivity index (χ3n) is 5.10. The largest absolute Gasteiger partial charge is 0.335 e. The summed E-state index contributed by atoms with van der Waals surface area (Å²) in [4.78, 5) is 18.9. The summed E-state index contributed by atoms with van der Waals surface area (Å²) in [6, 6.07) is 5.61. The predicted molar refractivity (Wildman–Crippen MR) is 106 cm³/mol. The Morgan fingerprint density at radius 3 is 2.81 bits per heavy atom. The lowest BCUT2D eigenvalue weighted by molar-refractivity contribution is -0.117. The van der Waals surface area contributed by atoms with Crippen molar-refractivity contribution in [3.63, 3.8) is 0 Å². The normalized spacial score (nSPS) is 16.0. The zero-order valence-corrected chi connectivity index (χ0v) is 16.3. The number of rotatable bonds is 6. The fourth-order valence-corrected chi connectivity index (χ4v) is 3.68. The molecule has 140 valence electrons. The van der Waals surface area contributed by atoms with Gasteiger partial charge in [0.05, 0.1) is 6.54 Å². The van der Waals surface area contributed by atoms with E-state index < -0.39 is 0 Å². The smallest absolute Gasteiger partial charge is 0.238 e. The summed E-state index contributed by atoms with van der Waals surface area (Å²) in [7, 11) is 0. The van der Waals surface area contributed by atoms with Crippen LogP contribution in [0.15, 0.2) is 30.6 Å². The van der Waals surface area contributed by atoms with E-state index in [1.54, 1.807) is 6.07 Å². The highest BCUT2D eigenvalue weighted by Gasteiger charge is 2.21. The van der Waals surface area contributed by atoms with Crippen LogP contribution in [-0.2, 0) is 17.8 Å². The average Bonchev–Trinajstić information content (AvgIpc) is 3.07. The van der Waals surface area contributed by atoms with Crippen molar-refractivity contribution >= 4 is 23.2 Å². The minimum Gasteiger partial charge on any atom is -0.335 e. The predicted octanol–water partition coefficient (Wildman–Crippen LogP) is 3.76. The van der Waals surface area contributed by atoms with Gasteiger partial charge < -0.3 is 9.88 Å². The number of amides is 1. The van der Waals surface area contributed by atoms with Crippen molar-refractivity contribution in [2.75, 3.05) is 25.0 Å². The van der Waals surface area contributed by atoms with E-state index in [4.69, 9.17) is 11.6 Å². The molecule has 1 N–H and O–H groups in total. The highest BCUT2D eigenvalue weighted by atomic mass is 35.5. The quantitative estimate of drug-likeness (QED) is 0.837. The second kappa shape index (κ2) is 8.69. The standard InChI is InChI=1S/C20H27ClN4O/c1-3-19-22-8-11-25(19)13-16-6-9-24(10-7-16)14-20(26)23-17-5-4-15(2)18(21)12-17/h4-5,8,11-12,16H,3,6-7,9-10,13-14H2,1-2H3,(H,23,26). The molecular weight excluding hydrogens is 348 g/mol. The number of carbonyl (C=O) groups excluding carboxylic acids is 1. The van der Waals surface area contributed by atoms with Gasteiger partial charge in [0.2, 0.25) is 5.91 Å². The number of benzene rings is 1. The van der Waals surface area contributed by atoms with Gasteiger partial charge in [0, 0.05) is 36.1 Å². The highest BCUT2D eigenvalue weighted by molar-refractivity contribution is 6.31. The third-order valence-corrected chi connectivity index (χ3v) is 5.51. The molecule has 1 aliphatic heterocycles. The zero-order chi connectivity index (χ0) is 18.5. The van der Waals surface area contributed by atoms with Gasteiger partial charge in [0.25, 0.3) is 0 Å². The molecule has 26 heavy (non-hydrogen) atoms. The number of likely N-dealkylation sites (tertiary alicyclic amines) is 1. The van der Waals surface area contributed by atoms with Gasteiger partial charge >= 0.3 is 0 Å². The number of carbonyl (C=O) groups is 1. The van der Waals surface area contributed by atoms with Gasteiger partial charge in [0.1, 0.15) is 5.82 Å². The summed E-state index contributed by atoms with van der Waals surface area (Å²) >= 11 is 6.12. The molecule has 1 aromatic heterocycles. The fraction of sp³-hybridized carbons (Fsp3) is 0.500. The number of hydrogen-bond acceptors (Lipinski definition) is 3. The van der Waals surface area contributed by atoms with Crippen LogP contribution in [0.2, 0.25) is 5.02 Å². The Kier molecular flexibility index (Phi) is 6.33. The second-order valence-corrected chi connectivity index (χ2v) is 7.49. The molecular formula is C20H27ClN4O. The summed E-state index contributed by atoms with van der Waals surface area (Å²) < 4.78 is 2.27. The lowest BCUT2D eigenvalue weighted by Gasteiger charge is -2.31. The van der Waals surface area contributed by atoms with Crippen LogP contribution in [0.3, 0.4) is 0 Å². The lowest BCUT2D eigenvalue weighted by atomic mass is 9.96. The van der Waals surface area contributed by atoms with E-state index in [1.165, 1.54) is 0 Å². The van der Waals surface area contributed by atoms with Crippen LogP contribution >= 0.6 is 11.6 Å². The monoisotopic (exact) mass is 374 g/mol. The maximum absolute atomic E-state index is 12.3. The molecule has 0 bridgehead atoms. The molecule has 2 heterocycles. The van der Waals surface area contributed by atoms with Crippen LogP contribution in [0.4, 0.5) is 5.69 Å². The molecule has 1 aliphatic rings. The Morgan fingerprint density at radius 1 is 1.35 bits per heavy atom. The van der Waals surface area contributed by atoms with Gasteiger partial charge in [-0.15, -0.1) is 0 Å². The van der Waals surface area contributed by atoms with Crippen molar-refractivity contribution in [3.8, 4) is 0 Å². The maximum atomic E-state index is 12.3. The summed E-state index contributed by atoms with van der Waals surface area (Å²) in [5.41, 5.74) is 1.77. The van der Waals surface area contributed by atoms with Crippen molar-refractivity contribution < 1.29 is 4.79 Å². The molecule has 1 aromatic carbocycles. The van der Waals surface area contributed by atoms with Crippen molar-refractivity contribution in [2.45, 2.75) is 39.7 Å². The first-order valence-electron chi connectivity index (χ1n) is 9.33. The first-order chi connectivity index (χ1) is 12.5. The average molecular weight is 375 g/mol. The number of anilines is 1. The molecule has 1 saturated heterocycles. The zero-order valence-electron chi connectivity index (χ0n) is 15.5.